The van der Waals surface area contributed by atoms with Gasteiger partial charge in [-0.05, 0) is 42.3 Å². The first-order chi connectivity index (χ1) is 8.84. The van der Waals surface area contributed by atoms with Crippen LogP contribution in [0.3, 0.4) is 0 Å². The molecule has 1 aromatic rings. The lowest BCUT2D eigenvalue weighted by Gasteiger charge is -2.42. The summed E-state index contributed by atoms with van der Waals surface area (Å²) in [5, 5.41) is 3.48. The molecule has 1 aromatic carbocycles. The highest BCUT2D eigenvalue weighted by Crippen LogP contribution is 2.37. The van der Waals surface area contributed by atoms with Crippen molar-refractivity contribution in [2.24, 2.45) is 0 Å². The summed E-state index contributed by atoms with van der Waals surface area (Å²) in [7, 11) is 0. The Bertz CT molecular complexity index is 429. The van der Waals surface area contributed by atoms with E-state index in [0.717, 1.165) is 26.3 Å². The van der Waals surface area contributed by atoms with Gasteiger partial charge in [0.2, 0.25) is 0 Å². The molecular formula is C15H21NOS. The highest BCUT2D eigenvalue weighted by molar-refractivity contribution is 7.99. The molecule has 0 aliphatic carbocycles. The van der Waals surface area contributed by atoms with Crippen molar-refractivity contribution in [2.45, 2.75) is 30.1 Å². The second kappa shape index (κ2) is 5.24. The molecule has 2 aliphatic heterocycles. The number of benzene rings is 1. The minimum absolute atomic E-state index is 0.229. The molecule has 1 N–H and O–H groups in total. The van der Waals surface area contributed by atoms with E-state index in [0.29, 0.717) is 0 Å². The average Bonchev–Trinajstić information content (AvgIpc) is 2.37. The van der Waals surface area contributed by atoms with Gasteiger partial charge < -0.3 is 10.1 Å². The number of hydrogen-bond acceptors (Lipinski definition) is 3. The number of ether oxygens (including phenoxy) is 1. The zero-order chi connectivity index (χ0) is 12.4. The quantitative estimate of drug-likeness (QED) is 0.902. The first-order valence-electron chi connectivity index (χ1n) is 6.89. The molecule has 2 heterocycles. The lowest BCUT2D eigenvalue weighted by Crippen LogP contribution is -2.53. The fourth-order valence-corrected chi connectivity index (χ4v) is 3.79. The van der Waals surface area contributed by atoms with E-state index in [1.165, 1.54) is 29.1 Å². The number of nitrogens with one attached hydrogen (secondary N) is 1. The Kier molecular flexibility index (Phi) is 3.64. The van der Waals surface area contributed by atoms with Crippen LogP contribution in [0, 0.1) is 0 Å². The fraction of sp³-hybridized carbons (Fsp3) is 0.600. The van der Waals surface area contributed by atoms with E-state index in [1.807, 2.05) is 11.8 Å². The predicted octanol–water partition coefficient (Wildman–Crippen LogP) is 2.60. The zero-order valence-electron chi connectivity index (χ0n) is 11.0. The van der Waals surface area contributed by atoms with E-state index in [9.17, 15) is 0 Å². The molecule has 0 atom stereocenters. The molecule has 98 valence electrons. The SMILES string of the molecule is CCNCC1(c2ccc3c(c2)CCCS3)COC1. The number of likely N-dealkylation sites (N-methyl/N-ethyl adjacent to an activating group) is 1. The van der Waals surface area contributed by atoms with Gasteiger partial charge in [0.25, 0.3) is 0 Å². The van der Waals surface area contributed by atoms with Crippen LogP contribution in [0.2, 0.25) is 0 Å². The largest absolute Gasteiger partial charge is 0.379 e. The van der Waals surface area contributed by atoms with E-state index in [-0.39, 0.29) is 5.41 Å². The minimum atomic E-state index is 0.229. The lowest BCUT2D eigenvalue weighted by molar-refractivity contribution is -0.0588. The van der Waals surface area contributed by atoms with Crippen molar-refractivity contribution >= 4 is 11.8 Å². The smallest absolute Gasteiger partial charge is 0.0598 e. The topological polar surface area (TPSA) is 21.3 Å². The molecule has 0 amide bonds. The first kappa shape index (κ1) is 12.5. The number of hydrogen-bond donors (Lipinski definition) is 1. The third kappa shape index (κ3) is 2.20. The summed E-state index contributed by atoms with van der Waals surface area (Å²) in [5.41, 5.74) is 3.25. The summed E-state index contributed by atoms with van der Waals surface area (Å²) < 4.78 is 5.49. The normalized spacial score (nSPS) is 21.2. The third-order valence-corrected chi connectivity index (χ3v) is 5.19. The number of thioether (sulfide) groups is 1. The molecule has 18 heavy (non-hydrogen) atoms. The molecule has 3 heteroatoms. The van der Waals surface area contributed by atoms with Crippen LogP contribution < -0.4 is 5.32 Å². The lowest BCUT2D eigenvalue weighted by atomic mass is 9.77. The summed E-state index contributed by atoms with van der Waals surface area (Å²) in [6.45, 7) is 5.96. The maximum absolute atomic E-state index is 5.49. The molecular weight excluding hydrogens is 242 g/mol. The summed E-state index contributed by atoms with van der Waals surface area (Å²) in [6, 6.07) is 7.07. The maximum Gasteiger partial charge on any atom is 0.0598 e. The molecule has 0 radical (unpaired) electrons. The molecule has 1 saturated heterocycles. The van der Waals surface area contributed by atoms with Gasteiger partial charge in [0.05, 0.1) is 18.6 Å². The highest BCUT2D eigenvalue weighted by atomic mass is 32.2. The van der Waals surface area contributed by atoms with Crippen molar-refractivity contribution in [3.8, 4) is 0 Å². The van der Waals surface area contributed by atoms with Gasteiger partial charge in [-0.1, -0.05) is 19.1 Å². The van der Waals surface area contributed by atoms with Crippen LogP contribution in [0.15, 0.2) is 23.1 Å². The number of fused-ring (bicyclic) bond motifs is 1. The van der Waals surface area contributed by atoms with Crippen LogP contribution >= 0.6 is 11.8 Å². The molecule has 1 fully saturated rings. The molecule has 2 aliphatic rings. The number of rotatable bonds is 4. The fourth-order valence-electron chi connectivity index (χ4n) is 2.77. The van der Waals surface area contributed by atoms with Crippen molar-refractivity contribution in [2.75, 3.05) is 32.1 Å². The third-order valence-electron chi connectivity index (χ3n) is 3.99. The Morgan fingerprint density at radius 3 is 3.00 bits per heavy atom. The standard InChI is InChI=1S/C15H21NOS/c1-2-16-9-15(10-17-11-15)13-5-6-14-12(8-13)4-3-7-18-14/h5-6,8,16H,2-4,7,9-11H2,1H3. The zero-order valence-corrected chi connectivity index (χ0v) is 11.8. The van der Waals surface area contributed by atoms with Gasteiger partial charge in [-0.2, -0.15) is 0 Å². The Balaban J connectivity index is 1.86. The summed E-state index contributed by atoms with van der Waals surface area (Å²) in [6.07, 6.45) is 2.56. The Morgan fingerprint density at radius 1 is 1.39 bits per heavy atom. The molecule has 0 saturated carbocycles. The minimum Gasteiger partial charge on any atom is -0.379 e. The van der Waals surface area contributed by atoms with Gasteiger partial charge in [0, 0.05) is 11.4 Å². The van der Waals surface area contributed by atoms with Crippen molar-refractivity contribution in [3.63, 3.8) is 0 Å². The maximum atomic E-state index is 5.49. The van der Waals surface area contributed by atoms with Gasteiger partial charge in [-0.15, -0.1) is 11.8 Å². The highest BCUT2D eigenvalue weighted by Gasteiger charge is 2.40. The van der Waals surface area contributed by atoms with E-state index >= 15 is 0 Å². The van der Waals surface area contributed by atoms with E-state index < -0.39 is 0 Å². The van der Waals surface area contributed by atoms with Crippen molar-refractivity contribution < 1.29 is 4.74 Å². The summed E-state index contributed by atoms with van der Waals surface area (Å²) in [4.78, 5) is 1.49. The van der Waals surface area contributed by atoms with Crippen LogP contribution in [0.4, 0.5) is 0 Å². The van der Waals surface area contributed by atoms with Crippen molar-refractivity contribution in [1.82, 2.24) is 5.32 Å². The van der Waals surface area contributed by atoms with Crippen LogP contribution in [0.1, 0.15) is 24.5 Å². The summed E-state index contributed by atoms with van der Waals surface area (Å²) in [5.74, 6) is 1.28. The van der Waals surface area contributed by atoms with E-state index in [4.69, 9.17) is 4.74 Å². The Hall–Kier alpha value is -0.510. The second-order valence-electron chi connectivity index (χ2n) is 5.33. The van der Waals surface area contributed by atoms with Crippen LogP contribution in [-0.2, 0) is 16.6 Å². The van der Waals surface area contributed by atoms with Crippen LogP contribution in [-0.4, -0.2) is 32.1 Å². The Labute approximate surface area is 113 Å². The molecule has 0 bridgehead atoms. The van der Waals surface area contributed by atoms with Gasteiger partial charge in [-0.3, -0.25) is 0 Å². The van der Waals surface area contributed by atoms with Crippen molar-refractivity contribution in [3.05, 3.63) is 29.3 Å². The summed E-state index contributed by atoms with van der Waals surface area (Å²) >= 11 is 2.00. The van der Waals surface area contributed by atoms with E-state index in [1.54, 1.807) is 5.56 Å². The van der Waals surface area contributed by atoms with Crippen LogP contribution in [0.5, 0.6) is 0 Å². The second-order valence-corrected chi connectivity index (χ2v) is 6.46. The molecule has 0 unspecified atom stereocenters. The van der Waals surface area contributed by atoms with Gasteiger partial charge in [0.1, 0.15) is 0 Å². The van der Waals surface area contributed by atoms with E-state index in [2.05, 4.69) is 30.4 Å². The van der Waals surface area contributed by atoms with Crippen molar-refractivity contribution in [1.29, 1.82) is 0 Å². The first-order valence-corrected chi connectivity index (χ1v) is 7.87. The molecule has 0 aromatic heterocycles. The van der Waals surface area contributed by atoms with Crippen LogP contribution in [0.25, 0.3) is 0 Å². The van der Waals surface area contributed by atoms with Gasteiger partial charge >= 0.3 is 0 Å². The molecule has 0 spiro atoms. The monoisotopic (exact) mass is 263 g/mol. The average molecular weight is 263 g/mol. The molecule has 3 rings (SSSR count). The van der Waals surface area contributed by atoms with Gasteiger partial charge in [0.15, 0.2) is 0 Å². The molecule has 2 nitrogen and oxygen atoms in total. The Morgan fingerprint density at radius 2 is 2.28 bits per heavy atom. The van der Waals surface area contributed by atoms with Gasteiger partial charge in [-0.25, -0.2) is 0 Å². The number of aryl methyl sites for hydroxylation is 1. The predicted molar refractivity (Wildman–Crippen MR) is 76.5 cm³/mol.